The van der Waals surface area contributed by atoms with Crippen LogP contribution in [0.2, 0.25) is 0 Å². The maximum atomic E-state index is 9.73. The van der Waals surface area contributed by atoms with Crippen LogP contribution >= 0.6 is 0 Å². The summed E-state index contributed by atoms with van der Waals surface area (Å²) in [5, 5.41) is 5.41. The summed E-state index contributed by atoms with van der Waals surface area (Å²) in [4.78, 5) is 19.2. The smallest absolute Gasteiger partial charge is 0.391 e. The van der Waals surface area contributed by atoms with E-state index in [2.05, 4.69) is 0 Å². The van der Waals surface area contributed by atoms with Crippen molar-refractivity contribution in [2.45, 2.75) is 0 Å². The van der Waals surface area contributed by atoms with Crippen LogP contribution in [0.4, 0.5) is 0 Å². The SMILES string of the molecule is N.O.O=C(O)C(=O)S(=O)(=O)O. The van der Waals surface area contributed by atoms with E-state index in [1.807, 2.05) is 0 Å². The molecule has 68 valence electrons. The second-order valence-corrected chi connectivity index (χ2v) is 2.39. The largest absolute Gasteiger partial charge is 0.475 e. The van der Waals surface area contributed by atoms with E-state index in [1.54, 1.807) is 0 Å². The van der Waals surface area contributed by atoms with Gasteiger partial charge in [-0.15, -0.1) is 0 Å². The molecule has 0 aromatic carbocycles. The molecule has 8 nitrogen and oxygen atoms in total. The molecule has 0 saturated carbocycles. The molecule has 0 atom stereocenters. The maximum Gasteiger partial charge on any atom is 0.391 e. The second-order valence-electron chi connectivity index (χ2n) is 1.07. The molecule has 0 aliphatic heterocycles. The third kappa shape index (κ3) is 5.42. The van der Waals surface area contributed by atoms with Crippen molar-refractivity contribution in [1.82, 2.24) is 6.15 Å². The first-order valence-electron chi connectivity index (χ1n) is 1.60. The zero-order valence-electron chi connectivity index (χ0n) is 5.14. The molecule has 0 aromatic rings. The van der Waals surface area contributed by atoms with Crippen LogP contribution in [0.25, 0.3) is 0 Å². The van der Waals surface area contributed by atoms with Crippen LogP contribution < -0.4 is 6.15 Å². The van der Waals surface area contributed by atoms with Crippen molar-refractivity contribution >= 4 is 21.2 Å². The molecule has 0 rings (SSSR count). The average molecular weight is 189 g/mol. The molecule has 9 heteroatoms. The molecule has 11 heavy (non-hydrogen) atoms. The van der Waals surface area contributed by atoms with Crippen molar-refractivity contribution in [2.24, 2.45) is 0 Å². The van der Waals surface area contributed by atoms with E-state index in [0.717, 1.165) is 0 Å². The molecule has 0 unspecified atom stereocenters. The highest BCUT2D eigenvalue weighted by Crippen LogP contribution is 1.83. The highest BCUT2D eigenvalue weighted by molar-refractivity contribution is 8.03. The van der Waals surface area contributed by atoms with Crippen molar-refractivity contribution in [2.75, 3.05) is 0 Å². The lowest BCUT2D eigenvalue weighted by molar-refractivity contribution is -0.145. The first-order valence-corrected chi connectivity index (χ1v) is 3.04. The van der Waals surface area contributed by atoms with Gasteiger partial charge in [-0.25, -0.2) is 4.79 Å². The lowest BCUT2D eigenvalue weighted by Gasteiger charge is -1.84. The number of carbonyl (C=O) groups excluding carboxylic acids is 1. The van der Waals surface area contributed by atoms with Gasteiger partial charge >= 0.3 is 21.2 Å². The van der Waals surface area contributed by atoms with Gasteiger partial charge in [-0.1, -0.05) is 0 Å². The standard InChI is InChI=1S/C2H2O6S.H3N.H2O/c3-1(4)2(5)9(6,7)8;;/h(H,3,4)(H,6,7,8);1H3;1H2. The highest BCUT2D eigenvalue weighted by Gasteiger charge is 2.26. The van der Waals surface area contributed by atoms with Crippen molar-refractivity contribution in [3.63, 3.8) is 0 Å². The van der Waals surface area contributed by atoms with Crippen molar-refractivity contribution in [1.29, 1.82) is 0 Å². The number of carbonyl (C=O) groups is 2. The number of carboxylic acid groups (broad SMARTS) is 1. The van der Waals surface area contributed by atoms with Gasteiger partial charge in [-0.3, -0.25) is 9.35 Å². The Kier molecular flexibility index (Phi) is 7.11. The van der Waals surface area contributed by atoms with Crippen LogP contribution in [-0.2, 0) is 19.7 Å². The number of aliphatic carboxylic acids is 1. The minimum absolute atomic E-state index is 0. The van der Waals surface area contributed by atoms with E-state index in [1.165, 1.54) is 0 Å². The first-order chi connectivity index (χ1) is 3.85. The molecular weight excluding hydrogens is 182 g/mol. The van der Waals surface area contributed by atoms with E-state index in [9.17, 15) is 18.0 Å². The Balaban J connectivity index is -0.000000320. The fourth-order valence-corrected chi connectivity index (χ4v) is 0.331. The molecule has 0 aliphatic rings. The minimum Gasteiger partial charge on any atom is -0.475 e. The van der Waals surface area contributed by atoms with E-state index in [4.69, 9.17) is 9.66 Å². The summed E-state index contributed by atoms with van der Waals surface area (Å²) in [6, 6.07) is 0. The number of hydrogen-bond acceptors (Lipinski definition) is 5. The Bertz CT molecular complexity index is 239. The zero-order valence-corrected chi connectivity index (χ0v) is 5.96. The van der Waals surface area contributed by atoms with Crippen molar-refractivity contribution in [3.8, 4) is 0 Å². The monoisotopic (exact) mass is 189 g/mol. The van der Waals surface area contributed by atoms with Gasteiger partial charge in [-0.2, -0.15) is 8.42 Å². The van der Waals surface area contributed by atoms with Gasteiger partial charge in [-0.05, 0) is 0 Å². The third-order valence-electron chi connectivity index (χ3n) is 0.409. The Labute approximate surface area is 61.5 Å². The Morgan fingerprint density at radius 2 is 1.45 bits per heavy atom. The van der Waals surface area contributed by atoms with Crippen LogP contribution in [0.3, 0.4) is 0 Å². The quantitative estimate of drug-likeness (QED) is 0.286. The molecule has 0 aromatic heterocycles. The predicted molar refractivity (Wildman–Crippen MR) is 32.8 cm³/mol. The molecule has 7 N–H and O–H groups in total. The molecule has 0 fully saturated rings. The Morgan fingerprint density at radius 3 is 1.45 bits per heavy atom. The van der Waals surface area contributed by atoms with Crippen LogP contribution in [0.15, 0.2) is 0 Å². The second kappa shape index (κ2) is 4.73. The van der Waals surface area contributed by atoms with Crippen LogP contribution in [0.1, 0.15) is 0 Å². The van der Waals surface area contributed by atoms with E-state index >= 15 is 0 Å². The fourth-order valence-electron chi connectivity index (χ4n) is 0.110. The minimum atomic E-state index is -5.04. The molecular formula is C2H7NO7S. The summed E-state index contributed by atoms with van der Waals surface area (Å²) >= 11 is 0. The normalized spacial score (nSPS) is 8.82. The zero-order chi connectivity index (χ0) is 7.65. The summed E-state index contributed by atoms with van der Waals surface area (Å²) < 4.78 is 26.9. The summed E-state index contributed by atoms with van der Waals surface area (Å²) in [5.41, 5.74) is 0. The average Bonchev–Trinajstić information content (AvgIpc) is 1.62. The topological polar surface area (TPSA) is 175 Å². The number of hydrogen-bond donors (Lipinski definition) is 3. The molecule has 0 saturated heterocycles. The summed E-state index contributed by atoms with van der Waals surface area (Å²) in [7, 11) is -5.04. The van der Waals surface area contributed by atoms with Crippen LogP contribution in [-0.4, -0.2) is 34.6 Å². The number of carboxylic acids is 1. The van der Waals surface area contributed by atoms with Crippen LogP contribution in [0.5, 0.6) is 0 Å². The van der Waals surface area contributed by atoms with Crippen molar-refractivity contribution in [3.05, 3.63) is 0 Å². The lowest BCUT2D eigenvalue weighted by Crippen LogP contribution is -2.22. The van der Waals surface area contributed by atoms with E-state index in [0.29, 0.717) is 0 Å². The predicted octanol–water partition coefficient (Wildman–Crippen LogP) is -2.18. The highest BCUT2D eigenvalue weighted by atomic mass is 32.2. The molecule has 0 amide bonds. The maximum absolute atomic E-state index is 9.73. The summed E-state index contributed by atoms with van der Waals surface area (Å²) in [6.45, 7) is 0. The first kappa shape index (κ1) is 16.5. The Morgan fingerprint density at radius 1 is 1.18 bits per heavy atom. The van der Waals surface area contributed by atoms with Gasteiger partial charge in [0, 0.05) is 0 Å². The fraction of sp³-hybridized carbons (Fsp3) is 0. The lowest BCUT2D eigenvalue weighted by atomic mass is 10.8. The van der Waals surface area contributed by atoms with E-state index < -0.39 is 21.2 Å². The third-order valence-corrected chi connectivity index (χ3v) is 1.05. The molecule has 0 bridgehead atoms. The molecule has 0 aliphatic carbocycles. The van der Waals surface area contributed by atoms with Crippen LogP contribution in [0, 0.1) is 0 Å². The Hall–Kier alpha value is -1.03. The van der Waals surface area contributed by atoms with Gasteiger partial charge in [0.1, 0.15) is 0 Å². The van der Waals surface area contributed by atoms with Crippen molar-refractivity contribution < 1.29 is 33.1 Å². The summed E-state index contributed by atoms with van der Waals surface area (Å²) in [6.07, 6.45) is 0. The summed E-state index contributed by atoms with van der Waals surface area (Å²) in [5.74, 6) is -2.20. The van der Waals surface area contributed by atoms with Gasteiger partial charge in [0.25, 0.3) is 0 Å². The van der Waals surface area contributed by atoms with Gasteiger partial charge in [0.2, 0.25) is 0 Å². The van der Waals surface area contributed by atoms with Gasteiger partial charge < -0.3 is 16.7 Å². The number of rotatable bonds is 0. The molecule has 0 heterocycles. The molecule has 0 spiro atoms. The van der Waals surface area contributed by atoms with Gasteiger partial charge in [0.15, 0.2) is 0 Å². The van der Waals surface area contributed by atoms with E-state index in [-0.39, 0.29) is 11.6 Å². The molecule has 0 radical (unpaired) electrons. The van der Waals surface area contributed by atoms with Gasteiger partial charge in [0.05, 0.1) is 0 Å².